The predicted molar refractivity (Wildman–Crippen MR) is 88.2 cm³/mol. The third kappa shape index (κ3) is 2.40. The molecule has 0 aromatic heterocycles. The van der Waals surface area contributed by atoms with E-state index in [1.54, 1.807) is 0 Å². The summed E-state index contributed by atoms with van der Waals surface area (Å²) >= 11 is 0. The Morgan fingerprint density at radius 2 is 1.71 bits per heavy atom. The lowest BCUT2D eigenvalue weighted by Crippen LogP contribution is -1.93. The van der Waals surface area contributed by atoms with Crippen LogP contribution in [0.4, 0.5) is 11.4 Å². The minimum Gasteiger partial charge on any atom is -0.358 e. The SMILES string of the molecule is C(=CC1=Nc2ccccc2C1)/C=C1/Cc2ccccc2N1. The minimum absolute atomic E-state index is 0.934. The maximum Gasteiger partial charge on any atom is 0.0669 e. The van der Waals surface area contributed by atoms with Crippen LogP contribution in [0.25, 0.3) is 0 Å². The fraction of sp³-hybridized carbons (Fsp3) is 0.105. The van der Waals surface area contributed by atoms with Gasteiger partial charge in [-0.15, -0.1) is 0 Å². The van der Waals surface area contributed by atoms with Crippen LogP contribution >= 0.6 is 0 Å². The van der Waals surface area contributed by atoms with Gasteiger partial charge in [-0.05, 0) is 35.4 Å². The highest BCUT2D eigenvalue weighted by Crippen LogP contribution is 2.28. The van der Waals surface area contributed by atoms with Gasteiger partial charge in [0.05, 0.1) is 5.69 Å². The van der Waals surface area contributed by atoms with Crippen LogP contribution in [-0.2, 0) is 12.8 Å². The second kappa shape index (κ2) is 5.06. The number of nitrogens with one attached hydrogen (secondary N) is 1. The van der Waals surface area contributed by atoms with Gasteiger partial charge in [0.2, 0.25) is 0 Å². The highest BCUT2D eigenvalue weighted by Gasteiger charge is 2.13. The largest absolute Gasteiger partial charge is 0.358 e. The second-order valence-corrected chi connectivity index (χ2v) is 5.42. The smallest absolute Gasteiger partial charge is 0.0669 e. The zero-order valence-corrected chi connectivity index (χ0v) is 11.7. The maximum atomic E-state index is 4.64. The van der Waals surface area contributed by atoms with Crippen LogP contribution in [-0.4, -0.2) is 5.71 Å². The number of aliphatic imine (C=N–C) groups is 1. The normalized spacial score (nSPS) is 17.7. The molecular formula is C19H16N2. The number of nitrogens with zero attached hydrogens (tertiary/aromatic N) is 1. The standard InChI is InChI=1S/C19H16N2/c1-3-10-18-14(6-1)12-16(20-18)8-5-9-17-13-15-7-2-4-11-19(15)21-17/h1-11,20H,12-13H2/b9-5?,16-8-. The van der Waals surface area contributed by atoms with E-state index < -0.39 is 0 Å². The van der Waals surface area contributed by atoms with Crippen molar-refractivity contribution in [1.82, 2.24) is 0 Å². The summed E-state index contributed by atoms with van der Waals surface area (Å²) in [4.78, 5) is 4.64. The molecule has 2 aromatic rings. The molecule has 2 aromatic carbocycles. The van der Waals surface area contributed by atoms with E-state index >= 15 is 0 Å². The summed E-state index contributed by atoms with van der Waals surface area (Å²) < 4.78 is 0. The Morgan fingerprint density at radius 1 is 0.905 bits per heavy atom. The van der Waals surface area contributed by atoms with Gasteiger partial charge >= 0.3 is 0 Å². The highest BCUT2D eigenvalue weighted by molar-refractivity contribution is 6.02. The van der Waals surface area contributed by atoms with Gasteiger partial charge in [-0.25, -0.2) is 0 Å². The Balaban J connectivity index is 1.46. The Bertz CT molecular complexity index is 755. The average Bonchev–Trinajstić information content (AvgIpc) is 3.09. The third-order valence-corrected chi connectivity index (χ3v) is 3.91. The van der Waals surface area contributed by atoms with Crippen molar-refractivity contribution in [3.05, 3.63) is 83.6 Å². The van der Waals surface area contributed by atoms with E-state index in [1.807, 2.05) is 6.07 Å². The van der Waals surface area contributed by atoms with E-state index in [2.05, 4.69) is 71.0 Å². The van der Waals surface area contributed by atoms with E-state index in [0.717, 1.165) is 24.2 Å². The molecule has 0 aliphatic carbocycles. The van der Waals surface area contributed by atoms with E-state index in [0.29, 0.717) is 0 Å². The van der Waals surface area contributed by atoms with Crippen LogP contribution in [0.5, 0.6) is 0 Å². The number of hydrogen-bond donors (Lipinski definition) is 1. The van der Waals surface area contributed by atoms with Crippen molar-refractivity contribution in [2.24, 2.45) is 4.99 Å². The van der Waals surface area contributed by atoms with Gasteiger partial charge in [-0.1, -0.05) is 42.5 Å². The van der Waals surface area contributed by atoms with Crippen molar-refractivity contribution in [2.75, 3.05) is 5.32 Å². The Kier molecular flexibility index (Phi) is 2.93. The summed E-state index contributed by atoms with van der Waals surface area (Å²) in [5, 5.41) is 3.45. The molecule has 0 unspecified atom stereocenters. The number of fused-ring (bicyclic) bond motifs is 2. The molecule has 2 heteroatoms. The molecule has 0 amide bonds. The molecule has 0 atom stereocenters. The molecule has 0 bridgehead atoms. The fourth-order valence-corrected chi connectivity index (χ4v) is 2.85. The quantitative estimate of drug-likeness (QED) is 0.859. The number of rotatable bonds is 2. The molecule has 2 aliphatic heterocycles. The van der Waals surface area contributed by atoms with Crippen LogP contribution in [0.1, 0.15) is 11.1 Å². The van der Waals surface area contributed by atoms with Gasteiger partial charge in [0.25, 0.3) is 0 Å². The zero-order chi connectivity index (χ0) is 14.1. The van der Waals surface area contributed by atoms with Gasteiger partial charge in [0.1, 0.15) is 0 Å². The molecule has 1 N–H and O–H groups in total. The minimum atomic E-state index is 0.934. The summed E-state index contributed by atoms with van der Waals surface area (Å²) in [5.41, 5.74) is 7.38. The van der Waals surface area contributed by atoms with E-state index in [1.165, 1.54) is 22.5 Å². The van der Waals surface area contributed by atoms with Gasteiger partial charge in [0.15, 0.2) is 0 Å². The molecule has 0 spiro atoms. The van der Waals surface area contributed by atoms with Crippen molar-refractivity contribution in [3.63, 3.8) is 0 Å². The fourth-order valence-electron chi connectivity index (χ4n) is 2.85. The number of anilines is 1. The summed E-state index contributed by atoms with van der Waals surface area (Å²) in [6.45, 7) is 0. The second-order valence-electron chi connectivity index (χ2n) is 5.42. The Hall–Kier alpha value is -2.61. The first kappa shape index (κ1) is 12.2. The molecule has 2 nitrogen and oxygen atoms in total. The first-order valence-electron chi connectivity index (χ1n) is 7.26. The van der Waals surface area contributed by atoms with Gasteiger partial charge < -0.3 is 5.32 Å². The predicted octanol–water partition coefficient (Wildman–Crippen LogP) is 4.42. The van der Waals surface area contributed by atoms with Crippen molar-refractivity contribution in [3.8, 4) is 0 Å². The summed E-state index contributed by atoms with van der Waals surface area (Å²) in [5.74, 6) is 0. The summed E-state index contributed by atoms with van der Waals surface area (Å²) in [6, 6.07) is 16.8. The van der Waals surface area contributed by atoms with Crippen molar-refractivity contribution < 1.29 is 0 Å². The molecule has 0 saturated carbocycles. The van der Waals surface area contributed by atoms with Crippen LogP contribution in [0.15, 0.2) is 77.4 Å². The topological polar surface area (TPSA) is 24.4 Å². The van der Waals surface area contributed by atoms with Gasteiger partial charge in [0, 0.05) is 29.9 Å². The number of allylic oxidation sites excluding steroid dienone is 4. The molecule has 21 heavy (non-hydrogen) atoms. The number of hydrogen-bond acceptors (Lipinski definition) is 2. The number of benzene rings is 2. The van der Waals surface area contributed by atoms with Crippen LogP contribution in [0, 0.1) is 0 Å². The van der Waals surface area contributed by atoms with Crippen molar-refractivity contribution in [2.45, 2.75) is 12.8 Å². The molecule has 0 fully saturated rings. The Morgan fingerprint density at radius 3 is 2.57 bits per heavy atom. The van der Waals surface area contributed by atoms with E-state index in [-0.39, 0.29) is 0 Å². The van der Waals surface area contributed by atoms with Gasteiger partial charge in [-0.2, -0.15) is 0 Å². The zero-order valence-electron chi connectivity index (χ0n) is 11.7. The van der Waals surface area contributed by atoms with E-state index in [4.69, 9.17) is 0 Å². The lowest BCUT2D eigenvalue weighted by Gasteiger charge is -1.97. The van der Waals surface area contributed by atoms with E-state index in [9.17, 15) is 0 Å². The average molecular weight is 272 g/mol. The summed E-state index contributed by atoms with van der Waals surface area (Å²) in [6.07, 6.45) is 8.26. The highest BCUT2D eigenvalue weighted by atomic mass is 14.9. The third-order valence-electron chi connectivity index (χ3n) is 3.91. The molecule has 0 saturated heterocycles. The van der Waals surface area contributed by atoms with Crippen LogP contribution in [0.3, 0.4) is 0 Å². The molecule has 102 valence electrons. The molecule has 2 aliphatic rings. The number of para-hydroxylation sites is 2. The lowest BCUT2D eigenvalue weighted by atomic mass is 10.1. The first-order chi connectivity index (χ1) is 10.4. The lowest BCUT2D eigenvalue weighted by molar-refractivity contribution is 1.25. The van der Waals surface area contributed by atoms with Crippen LogP contribution < -0.4 is 5.32 Å². The van der Waals surface area contributed by atoms with Crippen LogP contribution in [0.2, 0.25) is 0 Å². The molecule has 2 heterocycles. The Labute approximate surface area is 124 Å². The molecule has 4 rings (SSSR count). The molecular weight excluding hydrogens is 256 g/mol. The molecule has 0 radical (unpaired) electrons. The monoisotopic (exact) mass is 272 g/mol. The van der Waals surface area contributed by atoms with Crippen molar-refractivity contribution >= 4 is 17.1 Å². The maximum absolute atomic E-state index is 4.64. The van der Waals surface area contributed by atoms with Crippen molar-refractivity contribution in [1.29, 1.82) is 0 Å². The summed E-state index contributed by atoms with van der Waals surface area (Å²) in [7, 11) is 0. The van der Waals surface area contributed by atoms with Gasteiger partial charge in [-0.3, -0.25) is 4.99 Å². The first-order valence-corrected chi connectivity index (χ1v) is 7.26.